The minimum Gasteiger partial charge on any atom is -0.371 e. The summed E-state index contributed by atoms with van der Waals surface area (Å²) in [5.41, 5.74) is 6.49. The minimum absolute atomic E-state index is 0.0570. The van der Waals surface area contributed by atoms with Crippen LogP contribution < -0.4 is 21.9 Å². The summed E-state index contributed by atoms with van der Waals surface area (Å²) in [6.45, 7) is 0.800. The zero-order valence-electron chi connectivity index (χ0n) is 13.4. The van der Waals surface area contributed by atoms with Gasteiger partial charge in [0, 0.05) is 30.1 Å². The number of fused-ring (bicyclic) bond motifs is 2. The van der Waals surface area contributed by atoms with Crippen LogP contribution in [0.3, 0.4) is 0 Å². The van der Waals surface area contributed by atoms with Gasteiger partial charge in [-0.3, -0.25) is 14.4 Å². The van der Waals surface area contributed by atoms with Crippen LogP contribution in [0, 0.1) is 17.8 Å². The number of aromatic amines is 1. The van der Waals surface area contributed by atoms with Crippen LogP contribution >= 0.6 is 0 Å². The topological polar surface area (TPSA) is 117 Å². The van der Waals surface area contributed by atoms with Crippen LogP contribution in [0.1, 0.15) is 41.6 Å². The van der Waals surface area contributed by atoms with E-state index >= 15 is 0 Å². The van der Waals surface area contributed by atoms with Crippen LogP contribution in [-0.4, -0.2) is 29.4 Å². The lowest BCUT2D eigenvalue weighted by atomic mass is 9.71. The van der Waals surface area contributed by atoms with Gasteiger partial charge in [-0.25, -0.2) is 0 Å². The maximum absolute atomic E-state index is 12.7. The molecule has 24 heavy (non-hydrogen) atoms. The molecule has 2 heterocycles. The summed E-state index contributed by atoms with van der Waals surface area (Å²) < 4.78 is 0. The van der Waals surface area contributed by atoms with Gasteiger partial charge in [-0.05, 0) is 43.9 Å². The zero-order chi connectivity index (χ0) is 16.8. The molecule has 4 atom stereocenters. The molecule has 1 aromatic heterocycles. The fraction of sp³-hybridized carbons (Fsp3) is 0.588. The molecule has 5 N–H and O–H groups in total. The van der Waals surface area contributed by atoms with Crippen LogP contribution in [0.4, 0.5) is 5.82 Å². The number of amides is 2. The van der Waals surface area contributed by atoms with Gasteiger partial charge >= 0.3 is 0 Å². The Balaban J connectivity index is 1.49. The third-order valence-electron chi connectivity index (χ3n) is 5.84. The first-order chi connectivity index (χ1) is 11.5. The Kier molecular flexibility index (Phi) is 3.58. The largest absolute Gasteiger partial charge is 0.371 e. The molecule has 0 radical (unpaired) electrons. The highest BCUT2D eigenvalue weighted by Crippen LogP contribution is 2.49. The molecule has 2 fully saturated rings. The second kappa shape index (κ2) is 5.65. The van der Waals surface area contributed by atoms with Crippen LogP contribution in [0.5, 0.6) is 0 Å². The van der Waals surface area contributed by atoms with E-state index in [1.165, 1.54) is 6.07 Å². The standard InChI is InChI=1S/C17H22N4O3/c18-15(23)9-4-8-6-13(11(8)5-9)20-17(24)12-7-14(22)21-16-10(12)2-1-3-19-16/h7-9,11,13H,1-6H2,(H2,18,23)(H,20,24)(H2,19,21,22). The summed E-state index contributed by atoms with van der Waals surface area (Å²) >= 11 is 0. The normalized spacial score (nSPS) is 30.5. The molecule has 4 unspecified atom stereocenters. The van der Waals surface area contributed by atoms with Crippen molar-refractivity contribution in [1.29, 1.82) is 0 Å². The molecular formula is C17H22N4O3. The van der Waals surface area contributed by atoms with Gasteiger partial charge in [0.05, 0.1) is 5.56 Å². The fourth-order valence-corrected chi connectivity index (χ4v) is 4.55. The summed E-state index contributed by atoms with van der Waals surface area (Å²) in [7, 11) is 0. The van der Waals surface area contributed by atoms with Gasteiger partial charge in [0.25, 0.3) is 5.91 Å². The molecule has 2 aliphatic carbocycles. The maximum atomic E-state index is 12.7. The van der Waals surface area contributed by atoms with Gasteiger partial charge in [-0.2, -0.15) is 0 Å². The number of nitrogens with one attached hydrogen (secondary N) is 3. The van der Waals surface area contributed by atoms with E-state index < -0.39 is 0 Å². The number of hydrogen-bond donors (Lipinski definition) is 4. The lowest BCUT2D eigenvalue weighted by Crippen LogP contribution is -2.50. The van der Waals surface area contributed by atoms with Crippen molar-refractivity contribution in [2.24, 2.45) is 23.5 Å². The molecule has 2 amide bonds. The van der Waals surface area contributed by atoms with E-state index in [0.29, 0.717) is 23.2 Å². The average Bonchev–Trinajstić information content (AvgIpc) is 2.89. The molecule has 1 aliphatic heterocycles. The average molecular weight is 330 g/mol. The van der Waals surface area contributed by atoms with Crippen LogP contribution in [0.25, 0.3) is 0 Å². The van der Waals surface area contributed by atoms with Crippen LogP contribution in [-0.2, 0) is 11.2 Å². The molecular weight excluding hydrogens is 308 g/mol. The van der Waals surface area contributed by atoms with Crippen molar-refractivity contribution >= 4 is 17.6 Å². The second-order valence-corrected chi connectivity index (χ2v) is 7.24. The van der Waals surface area contributed by atoms with Crippen molar-refractivity contribution < 1.29 is 9.59 Å². The van der Waals surface area contributed by atoms with Crippen molar-refractivity contribution in [3.05, 3.63) is 27.5 Å². The first kappa shape index (κ1) is 15.2. The number of primary amides is 1. The molecule has 1 aromatic rings. The van der Waals surface area contributed by atoms with E-state index in [4.69, 9.17) is 5.73 Å². The summed E-state index contributed by atoms with van der Waals surface area (Å²) in [5, 5.41) is 6.22. The zero-order valence-corrected chi connectivity index (χ0v) is 13.4. The highest BCUT2D eigenvalue weighted by Gasteiger charge is 2.49. The monoisotopic (exact) mass is 330 g/mol. The van der Waals surface area contributed by atoms with Crippen molar-refractivity contribution in [3.8, 4) is 0 Å². The molecule has 0 saturated heterocycles. The van der Waals surface area contributed by atoms with Gasteiger partial charge in [0.2, 0.25) is 11.5 Å². The van der Waals surface area contributed by atoms with E-state index in [9.17, 15) is 14.4 Å². The third-order valence-corrected chi connectivity index (χ3v) is 5.84. The smallest absolute Gasteiger partial charge is 0.252 e. The number of carbonyl (C=O) groups is 2. The Morgan fingerprint density at radius 3 is 2.88 bits per heavy atom. The molecule has 0 spiro atoms. The number of anilines is 1. The maximum Gasteiger partial charge on any atom is 0.252 e. The number of pyridine rings is 1. The first-order valence-electron chi connectivity index (χ1n) is 8.63. The Bertz CT molecular complexity index is 757. The van der Waals surface area contributed by atoms with E-state index in [0.717, 1.165) is 44.2 Å². The van der Waals surface area contributed by atoms with Gasteiger partial charge in [-0.15, -0.1) is 0 Å². The Morgan fingerprint density at radius 1 is 1.25 bits per heavy atom. The summed E-state index contributed by atoms with van der Waals surface area (Å²) in [4.78, 5) is 38.6. The number of nitrogens with two attached hydrogens (primary N) is 1. The van der Waals surface area contributed by atoms with E-state index in [1.807, 2.05) is 0 Å². The van der Waals surface area contributed by atoms with Gasteiger partial charge < -0.3 is 21.4 Å². The predicted molar refractivity (Wildman–Crippen MR) is 88.6 cm³/mol. The highest BCUT2D eigenvalue weighted by atomic mass is 16.2. The van der Waals surface area contributed by atoms with Crippen LogP contribution in [0.15, 0.2) is 10.9 Å². The van der Waals surface area contributed by atoms with E-state index in [1.54, 1.807) is 0 Å². The SMILES string of the molecule is NC(=O)C1CC2CC(NC(=O)c3cc(=O)[nH]c4c3CCCN4)C2C1. The van der Waals surface area contributed by atoms with E-state index in [-0.39, 0.29) is 29.3 Å². The first-order valence-corrected chi connectivity index (χ1v) is 8.63. The Morgan fingerprint density at radius 2 is 2.08 bits per heavy atom. The van der Waals surface area contributed by atoms with Crippen LogP contribution in [0.2, 0.25) is 0 Å². The third kappa shape index (κ3) is 2.48. The van der Waals surface area contributed by atoms with Gasteiger partial charge in [0.1, 0.15) is 5.82 Å². The Hall–Kier alpha value is -2.31. The lowest BCUT2D eigenvalue weighted by molar-refractivity contribution is -0.121. The number of aromatic nitrogens is 1. The van der Waals surface area contributed by atoms with Crippen molar-refractivity contribution in [1.82, 2.24) is 10.3 Å². The molecule has 7 nitrogen and oxygen atoms in total. The molecule has 0 aromatic carbocycles. The fourth-order valence-electron chi connectivity index (χ4n) is 4.55. The number of hydrogen-bond acceptors (Lipinski definition) is 4. The molecule has 3 aliphatic rings. The van der Waals surface area contributed by atoms with Crippen molar-refractivity contribution in [2.45, 2.75) is 38.1 Å². The predicted octanol–water partition coefficient (Wildman–Crippen LogP) is 0.363. The molecule has 128 valence electrons. The van der Waals surface area contributed by atoms with Gasteiger partial charge in [-0.1, -0.05) is 0 Å². The van der Waals surface area contributed by atoms with Crippen molar-refractivity contribution in [2.75, 3.05) is 11.9 Å². The quantitative estimate of drug-likeness (QED) is 0.640. The minimum atomic E-state index is -0.269. The molecule has 2 saturated carbocycles. The summed E-state index contributed by atoms with van der Waals surface area (Å²) in [6.07, 6.45) is 4.22. The number of carbonyl (C=O) groups excluding carboxylic acids is 2. The Labute approximate surface area is 139 Å². The summed E-state index contributed by atoms with van der Waals surface area (Å²) in [6, 6.07) is 1.47. The molecule has 7 heteroatoms. The highest BCUT2D eigenvalue weighted by molar-refractivity contribution is 5.97. The molecule has 4 rings (SSSR count). The summed E-state index contributed by atoms with van der Waals surface area (Å²) in [5.74, 6) is 1.01. The van der Waals surface area contributed by atoms with Crippen molar-refractivity contribution in [3.63, 3.8) is 0 Å². The molecule has 0 bridgehead atoms. The number of rotatable bonds is 3. The number of H-pyrrole nitrogens is 1. The second-order valence-electron chi connectivity index (χ2n) is 7.24. The van der Waals surface area contributed by atoms with E-state index in [2.05, 4.69) is 15.6 Å². The van der Waals surface area contributed by atoms with Gasteiger partial charge in [0.15, 0.2) is 0 Å². The lowest BCUT2D eigenvalue weighted by Gasteiger charge is -2.41.